The van der Waals surface area contributed by atoms with Crippen molar-refractivity contribution in [1.82, 2.24) is 4.90 Å². The molecule has 0 bridgehead atoms. The highest BCUT2D eigenvalue weighted by molar-refractivity contribution is 5.96. The Labute approximate surface area is 107 Å². The standard InChI is InChI=1S/C14H19NO3/c1-3-4-10-15(11(2)14(17)18)13(16)12-8-6-5-7-9-12/h5-9,11H,3-4,10H2,1-2H3,(H,17,18). The molecule has 1 N–H and O–H groups in total. The molecule has 0 radical (unpaired) electrons. The maximum atomic E-state index is 12.3. The van der Waals surface area contributed by atoms with Crippen LogP contribution in [-0.2, 0) is 4.79 Å². The van der Waals surface area contributed by atoms with Crippen molar-refractivity contribution in [3.63, 3.8) is 0 Å². The Morgan fingerprint density at radius 1 is 1.28 bits per heavy atom. The number of hydrogen-bond donors (Lipinski definition) is 1. The highest BCUT2D eigenvalue weighted by Gasteiger charge is 2.25. The van der Waals surface area contributed by atoms with Gasteiger partial charge in [0.25, 0.3) is 5.91 Å². The van der Waals surface area contributed by atoms with Gasteiger partial charge in [0.05, 0.1) is 0 Å². The average molecular weight is 249 g/mol. The molecule has 1 aromatic carbocycles. The van der Waals surface area contributed by atoms with Crippen LogP contribution in [0.25, 0.3) is 0 Å². The van der Waals surface area contributed by atoms with Crippen molar-refractivity contribution in [2.45, 2.75) is 32.7 Å². The predicted octanol–water partition coefficient (Wildman–Crippen LogP) is 2.40. The van der Waals surface area contributed by atoms with Crippen molar-refractivity contribution in [1.29, 1.82) is 0 Å². The van der Waals surface area contributed by atoms with Crippen molar-refractivity contribution < 1.29 is 14.7 Å². The quantitative estimate of drug-likeness (QED) is 0.842. The number of carbonyl (C=O) groups is 2. The fourth-order valence-electron chi connectivity index (χ4n) is 1.68. The molecule has 1 atom stereocenters. The van der Waals surface area contributed by atoms with E-state index < -0.39 is 12.0 Å². The number of carbonyl (C=O) groups excluding carboxylic acids is 1. The molecule has 0 fully saturated rings. The van der Waals surface area contributed by atoms with Crippen LogP contribution in [-0.4, -0.2) is 34.5 Å². The van der Waals surface area contributed by atoms with Crippen LogP contribution in [0, 0.1) is 0 Å². The van der Waals surface area contributed by atoms with Crippen molar-refractivity contribution in [2.24, 2.45) is 0 Å². The van der Waals surface area contributed by atoms with Crippen molar-refractivity contribution in [3.8, 4) is 0 Å². The van der Waals surface area contributed by atoms with E-state index in [1.807, 2.05) is 13.0 Å². The molecule has 0 heterocycles. The average Bonchev–Trinajstić information content (AvgIpc) is 2.39. The van der Waals surface area contributed by atoms with E-state index in [0.29, 0.717) is 12.1 Å². The molecule has 0 aliphatic heterocycles. The maximum Gasteiger partial charge on any atom is 0.326 e. The summed E-state index contributed by atoms with van der Waals surface area (Å²) >= 11 is 0. The largest absolute Gasteiger partial charge is 0.480 e. The first-order valence-electron chi connectivity index (χ1n) is 6.16. The highest BCUT2D eigenvalue weighted by Crippen LogP contribution is 2.10. The number of hydrogen-bond acceptors (Lipinski definition) is 2. The first-order chi connectivity index (χ1) is 8.57. The van der Waals surface area contributed by atoms with Gasteiger partial charge in [-0.05, 0) is 25.5 Å². The Hall–Kier alpha value is -1.84. The molecule has 18 heavy (non-hydrogen) atoms. The minimum absolute atomic E-state index is 0.223. The van der Waals surface area contributed by atoms with Crippen molar-refractivity contribution >= 4 is 11.9 Å². The third kappa shape index (κ3) is 3.58. The summed E-state index contributed by atoms with van der Waals surface area (Å²) in [6.07, 6.45) is 1.72. The summed E-state index contributed by atoms with van der Waals surface area (Å²) in [5.41, 5.74) is 0.529. The molecule has 4 nitrogen and oxygen atoms in total. The summed E-state index contributed by atoms with van der Waals surface area (Å²) in [4.78, 5) is 24.7. The minimum Gasteiger partial charge on any atom is -0.480 e. The van der Waals surface area contributed by atoms with Crippen LogP contribution < -0.4 is 0 Å². The Morgan fingerprint density at radius 3 is 2.39 bits per heavy atom. The van der Waals surface area contributed by atoms with E-state index in [4.69, 9.17) is 5.11 Å². The molecule has 0 aliphatic carbocycles. The minimum atomic E-state index is -0.976. The molecule has 0 saturated heterocycles. The van der Waals surface area contributed by atoms with Gasteiger partial charge in [0, 0.05) is 12.1 Å². The Balaban J connectivity index is 2.89. The van der Waals surface area contributed by atoms with Gasteiger partial charge in [-0.3, -0.25) is 4.79 Å². The van der Waals surface area contributed by atoms with Gasteiger partial charge < -0.3 is 10.0 Å². The van der Waals surface area contributed by atoms with E-state index >= 15 is 0 Å². The molecule has 1 aromatic rings. The van der Waals surface area contributed by atoms with Crippen LogP contribution in [0.5, 0.6) is 0 Å². The zero-order valence-electron chi connectivity index (χ0n) is 10.8. The number of amides is 1. The van der Waals surface area contributed by atoms with E-state index in [9.17, 15) is 9.59 Å². The fraction of sp³-hybridized carbons (Fsp3) is 0.429. The van der Waals surface area contributed by atoms with E-state index in [0.717, 1.165) is 12.8 Å². The molecule has 98 valence electrons. The van der Waals surface area contributed by atoms with Gasteiger partial charge in [-0.1, -0.05) is 31.5 Å². The smallest absolute Gasteiger partial charge is 0.326 e. The van der Waals surface area contributed by atoms with Crippen LogP contribution in [0.1, 0.15) is 37.0 Å². The number of carboxylic acid groups (broad SMARTS) is 1. The maximum absolute atomic E-state index is 12.3. The van der Waals surface area contributed by atoms with Gasteiger partial charge >= 0.3 is 5.97 Å². The summed E-state index contributed by atoms with van der Waals surface area (Å²) < 4.78 is 0. The zero-order valence-corrected chi connectivity index (χ0v) is 10.8. The van der Waals surface area contributed by atoms with E-state index in [1.165, 1.54) is 4.90 Å². The Bertz CT molecular complexity index is 403. The second-order valence-electron chi connectivity index (χ2n) is 4.23. The van der Waals surface area contributed by atoms with Gasteiger partial charge in [0.2, 0.25) is 0 Å². The summed E-state index contributed by atoms with van der Waals surface area (Å²) in [5.74, 6) is -1.20. The van der Waals surface area contributed by atoms with Gasteiger partial charge in [-0.15, -0.1) is 0 Å². The second kappa shape index (κ2) is 6.79. The van der Waals surface area contributed by atoms with Crippen LogP contribution in [0.4, 0.5) is 0 Å². The molecular weight excluding hydrogens is 230 g/mol. The van der Waals surface area contributed by atoms with E-state index in [1.54, 1.807) is 31.2 Å². The number of carboxylic acids is 1. The third-order valence-corrected chi connectivity index (χ3v) is 2.86. The zero-order chi connectivity index (χ0) is 13.5. The Morgan fingerprint density at radius 2 is 1.89 bits per heavy atom. The molecule has 0 aliphatic rings. The monoisotopic (exact) mass is 249 g/mol. The molecule has 0 aromatic heterocycles. The summed E-state index contributed by atoms with van der Waals surface area (Å²) in [6, 6.07) is 7.98. The van der Waals surface area contributed by atoms with Gasteiger partial charge in [0.15, 0.2) is 0 Å². The lowest BCUT2D eigenvalue weighted by Gasteiger charge is -2.26. The third-order valence-electron chi connectivity index (χ3n) is 2.86. The number of benzene rings is 1. The number of nitrogens with zero attached hydrogens (tertiary/aromatic N) is 1. The topological polar surface area (TPSA) is 57.6 Å². The van der Waals surface area contributed by atoms with Gasteiger partial charge in [0.1, 0.15) is 6.04 Å². The lowest BCUT2D eigenvalue weighted by Crippen LogP contribution is -2.43. The molecular formula is C14H19NO3. The summed E-state index contributed by atoms with van der Waals surface area (Å²) in [7, 11) is 0. The molecule has 4 heteroatoms. The number of rotatable bonds is 6. The highest BCUT2D eigenvalue weighted by atomic mass is 16.4. The molecule has 0 spiro atoms. The first-order valence-corrected chi connectivity index (χ1v) is 6.16. The Kier molecular flexibility index (Phi) is 5.36. The van der Waals surface area contributed by atoms with Crippen LogP contribution >= 0.6 is 0 Å². The van der Waals surface area contributed by atoms with E-state index in [2.05, 4.69) is 0 Å². The number of aliphatic carboxylic acids is 1. The van der Waals surface area contributed by atoms with E-state index in [-0.39, 0.29) is 5.91 Å². The summed E-state index contributed by atoms with van der Waals surface area (Å²) in [5, 5.41) is 9.05. The fourth-order valence-corrected chi connectivity index (χ4v) is 1.68. The van der Waals surface area contributed by atoms with Crippen molar-refractivity contribution in [2.75, 3.05) is 6.54 Å². The molecule has 1 unspecified atom stereocenters. The van der Waals surface area contributed by atoms with Gasteiger partial charge in [-0.25, -0.2) is 4.79 Å². The van der Waals surface area contributed by atoms with Crippen LogP contribution in [0.2, 0.25) is 0 Å². The van der Waals surface area contributed by atoms with Crippen molar-refractivity contribution in [3.05, 3.63) is 35.9 Å². The normalized spacial score (nSPS) is 11.9. The van der Waals surface area contributed by atoms with Crippen LogP contribution in [0.15, 0.2) is 30.3 Å². The second-order valence-corrected chi connectivity index (χ2v) is 4.23. The SMILES string of the molecule is CCCCN(C(=O)c1ccccc1)C(C)C(=O)O. The lowest BCUT2D eigenvalue weighted by atomic mass is 10.1. The molecule has 1 amide bonds. The van der Waals surface area contributed by atoms with Gasteiger partial charge in [-0.2, -0.15) is 0 Å². The molecule has 1 rings (SSSR count). The van der Waals surface area contributed by atoms with Crippen LogP contribution in [0.3, 0.4) is 0 Å². The lowest BCUT2D eigenvalue weighted by molar-refractivity contribution is -0.141. The predicted molar refractivity (Wildman–Crippen MR) is 69.5 cm³/mol. The number of unbranched alkanes of at least 4 members (excludes halogenated alkanes) is 1. The first kappa shape index (κ1) is 14.2. The molecule has 0 saturated carbocycles. The summed E-state index contributed by atoms with van der Waals surface area (Å²) in [6.45, 7) is 4.02.